The average Bonchev–Trinajstić information content (AvgIpc) is 2.95. The highest BCUT2D eigenvalue weighted by molar-refractivity contribution is 7.89. The summed E-state index contributed by atoms with van der Waals surface area (Å²) in [5.41, 5.74) is 0.259. The van der Waals surface area contributed by atoms with Crippen molar-refractivity contribution in [3.8, 4) is 0 Å². The monoisotopic (exact) mass is 270 g/mol. The molecule has 100 valence electrons. The first-order valence-corrected chi connectivity index (χ1v) is 7.33. The minimum atomic E-state index is -3.49. The molecule has 0 aromatic carbocycles. The predicted octanol–water partition coefficient (Wildman–Crippen LogP) is 0.843. The molecule has 1 fully saturated rings. The van der Waals surface area contributed by atoms with E-state index >= 15 is 0 Å². The van der Waals surface area contributed by atoms with E-state index in [4.69, 9.17) is 0 Å². The standard InChI is InChI=1S/C11H18N4O2S/c1-11(2)4-8(11)5-15-18(16,17)9-6-13-10(12-3)14-7-9/h6-8,15H,4-5H2,1-3H3,(H,12,13,14). The van der Waals surface area contributed by atoms with Crippen molar-refractivity contribution in [3.05, 3.63) is 12.4 Å². The summed E-state index contributed by atoms with van der Waals surface area (Å²) in [4.78, 5) is 7.88. The summed E-state index contributed by atoms with van der Waals surface area (Å²) in [7, 11) is -1.82. The molecule has 1 aromatic rings. The van der Waals surface area contributed by atoms with Crippen molar-refractivity contribution in [1.29, 1.82) is 0 Å². The SMILES string of the molecule is CNc1ncc(S(=O)(=O)NCC2CC2(C)C)cn1. The van der Waals surface area contributed by atoms with E-state index in [0.29, 0.717) is 18.4 Å². The van der Waals surface area contributed by atoms with Gasteiger partial charge in [0.1, 0.15) is 4.90 Å². The topological polar surface area (TPSA) is 84.0 Å². The largest absolute Gasteiger partial charge is 0.357 e. The lowest BCUT2D eigenvalue weighted by Crippen LogP contribution is -2.27. The van der Waals surface area contributed by atoms with Crippen molar-refractivity contribution < 1.29 is 8.42 Å². The van der Waals surface area contributed by atoms with Crippen LogP contribution in [0.15, 0.2) is 17.3 Å². The van der Waals surface area contributed by atoms with Gasteiger partial charge in [-0.15, -0.1) is 0 Å². The average molecular weight is 270 g/mol. The van der Waals surface area contributed by atoms with Crippen molar-refractivity contribution >= 4 is 16.0 Å². The molecule has 2 rings (SSSR count). The number of nitrogens with zero attached hydrogens (tertiary/aromatic N) is 2. The molecule has 0 radical (unpaired) electrons. The zero-order valence-corrected chi connectivity index (χ0v) is 11.6. The molecule has 0 aliphatic heterocycles. The van der Waals surface area contributed by atoms with Crippen LogP contribution in [0.4, 0.5) is 5.95 Å². The van der Waals surface area contributed by atoms with Gasteiger partial charge in [0, 0.05) is 13.6 Å². The third-order valence-electron chi connectivity index (χ3n) is 3.40. The highest BCUT2D eigenvalue weighted by atomic mass is 32.2. The Balaban J connectivity index is 2.01. The second-order valence-electron chi connectivity index (χ2n) is 5.23. The molecule has 6 nitrogen and oxygen atoms in total. The first-order valence-electron chi connectivity index (χ1n) is 5.84. The third-order valence-corrected chi connectivity index (χ3v) is 4.78. The van der Waals surface area contributed by atoms with E-state index in [1.165, 1.54) is 12.4 Å². The van der Waals surface area contributed by atoms with Gasteiger partial charge in [0.15, 0.2) is 0 Å². The Morgan fingerprint density at radius 2 is 1.94 bits per heavy atom. The molecule has 7 heteroatoms. The molecule has 1 atom stereocenters. The van der Waals surface area contributed by atoms with Crippen LogP contribution in [0.3, 0.4) is 0 Å². The van der Waals surface area contributed by atoms with E-state index in [1.54, 1.807) is 7.05 Å². The van der Waals surface area contributed by atoms with Crippen LogP contribution < -0.4 is 10.0 Å². The number of anilines is 1. The quantitative estimate of drug-likeness (QED) is 0.828. The molecule has 18 heavy (non-hydrogen) atoms. The molecular formula is C11H18N4O2S. The normalized spacial score (nSPS) is 21.6. The Morgan fingerprint density at radius 3 is 2.39 bits per heavy atom. The molecule has 1 unspecified atom stereocenters. The number of aromatic nitrogens is 2. The van der Waals surface area contributed by atoms with Gasteiger partial charge in [0.2, 0.25) is 16.0 Å². The lowest BCUT2D eigenvalue weighted by molar-refractivity contribution is 0.537. The summed E-state index contributed by atoms with van der Waals surface area (Å²) in [6.45, 7) is 4.75. The number of nitrogens with one attached hydrogen (secondary N) is 2. The van der Waals surface area contributed by atoms with Gasteiger partial charge in [-0.3, -0.25) is 0 Å². The molecule has 1 heterocycles. The second kappa shape index (κ2) is 4.47. The van der Waals surface area contributed by atoms with Crippen molar-refractivity contribution in [3.63, 3.8) is 0 Å². The molecule has 2 N–H and O–H groups in total. The number of hydrogen-bond donors (Lipinski definition) is 2. The number of hydrogen-bond acceptors (Lipinski definition) is 5. The van der Waals surface area contributed by atoms with Crippen molar-refractivity contribution in [2.75, 3.05) is 18.9 Å². The summed E-state index contributed by atoms with van der Waals surface area (Å²) < 4.78 is 26.5. The summed E-state index contributed by atoms with van der Waals surface area (Å²) >= 11 is 0. The maximum Gasteiger partial charge on any atom is 0.243 e. The van der Waals surface area contributed by atoms with E-state index in [-0.39, 0.29) is 10.3 Å². The Bertz CT molecular complexity index is 524. The third kappa shape index (κ3) is 2.78. The van der Waals surface area contributed by atoms with Gasteiger partial charge in [0.25, 0.3) is 0 Å². The highest BCUT2D eigenvalue weighted by Gasteiger charge is 2.45. The molecule has 0 spiro atoms. The van der Waals surface area contributed by atoms with E-state index < -0.39 is 10.0 Å². The van der Waals surface area contributed by atoms with E-state index in [2.05, 4.69) is 33.9 Å². The molecule has 1 aliphatic rings. The van der Waals surface area contributed by atoms with Gasteiger partial charge in [0.05, 0.1) is 12.4 Å². The van der Waals surface area contributed by atoms with Gasteiger partial charge in [-0.25, -0.2) is 23.1 Å². The number of sulfonamides is 1. The number of rotatable bonds is 5. The fraction of sp³-hybridized carbons (Fsp3) is 0.636. The van der Waals surface area contributed by atoms with Crippen LogP contribution in [0.2, 0.25) is 0 Å². The Kier molecular flexibility index (Phi) is 3.29. The van der Waals surface area contributed by atoms with Gasteiger partial charge >= 0.3 is 0 Å². The summed E-state index contributed by atoms with van der Waals surface area (Å²) in [6, 6.07) is 0. The summed E-state index contributed by atoms with van der Waals surface area (Å²) in [5.74, 6) is 0.821. The fourth-order valence-corrected chi connectivity index (χ4v) is 2.77. The van der Waals surface area contributed by atoms with Crippen LogP contribution in [0.5, 0.6) is 0 Å². The van der Waals surface area contributed by atoms with Gasteiger partial charge < -0.3 is 5.32 Å². The second-order valence-corrected chi connectivity index (χ2v) is 7.00. The van der Waals surface area contributed by atoms with Crippen LogP contribution in [0, 0.1) is 11.3 Å². The first-order chi connectivity index (χ1) is 8.35. The summed E-state index contributed by atoms with van der Waals surface area (Å²) in [6.07, 6.45) is 3.67. The van der Waals surface area contributed by atoms with Gasteiger partial charge in [-0.05, 0) is 17.8 Å². The first kappa shape index (κ1) is 13.2. The smallest absolute Gasteiger partial charge is 0.243 e. The molecule has 0 bridgehead atoms. The van der Waals surface area contributed by atoms with Crippen LogP contribution in [-0.4, -0.2) is 32.0 Å². The van der Waals surface area contributed by atoms with Crippen LogP contribution in [0.25, 0.3) is 0 Å². The minimum Gasteiger partial charge on any atom is -0.357 e. The van der Waals surface area contributed by atoms with Crippen LogP contribution in [-0.2, 0) is 10.0 Å². The van der Waals surface area contributed by atoms with Crippen LogP contribution in [0.1, 0.15) is 20.3 Å². The zero-order valence-electron chi connectivity index (χ0n) is 10.8. The molecule has 1 aliphatic carbocycles. The van der Waals surface area contributed by atoms with Crippen LogP contribution >= 0.6 is 0 Å². The maximum absolute atomic E-state index is 12.0. The molecule has 0 saturated heterocycles. The van der Waals surface area contributed by atoms with Crippen molar-refractivity contribution in [2.24, 2.45) is 11.3 Å². The Labute approximate surface area is 107 Å². The lowest BCUT2D eigenvalue weighted by Gasteiger charge is -2.07. The zero-order chi connectivity index (χ0) is 13.4. The lowest BCUT2D eigenvalue weighted by atomic mass is 10.1. The molecule has 1 aromatic heterocycles. The summed E-state index contributed by atoms with van der Waals surface area (Å²) in [5, 5.41) is 2.74. The molecule has 0 amide bonds. The predicted molar refractivity (Wildman–Crippen MR) is 68.7 cm³/mol. The van der Waals surface area contributed by atoms with Gasteiger partial charge in [-0.2, -0.15) is 0 Å². The molecule has 1 saturated carbocycles. The molecular weight excluding hydrogens is 252 g/mol. The maximum atomic E-state index is 12.0. The van der Waals surface area contributed by atoms with E-state index in [9.17, 15) is 8.42 Å². The highest BCUT2D eigenvalue weighted by Crippen LogP contribution is 2.51. The van der Waals surface area contributed by atoms with E-state index in [0.717, 1.165) is 6.42 Å². The van der Waals surface area contributed by atoms with E-state index in [1.807, 2.05) is 0 Å². The Hall–Kier alpha value is -1.21. The van der Waals surface area contributed by atoms with Crippen molar-refractivity contribution in [1.82, 2.24) is 14.7 Å². The Morgan fingerprint density at radius 1 is 1.39 bits per heavy atom. The minimum absolute atomic E-state index is 0.0972. The van der Waals surface area contributed by atoms with Gasteiger partial charge in [-0.1, -0.05) is 13.8 Å². The van der Waals surface area contributed by atoms with Crippen molar-refractivity contribution in [2.45, 2.75) is 25.2 Å². The fourth-order valence-electron chi connectivity index (χ4n) is 1.80.